The molecule has 0 aliphatic heterocycles. The van der Waals surface area contributed by atoms with E-state index in [1.807, 2.05) is 112 Å². The van der Waals surface area contributed by atoms with Crippen molar-refractivity contribution in [1.82, 2.24) is 0 Å². The van der Waals surface area contributed by atoms with Gasteiger partial charge in [0.25, 0.3) is 0 Å². The van der Waals surface area contributed by atoms with Crippen LogP contribution in [0.3, 0.4) is 0 Å². The lowest BCUT2D eigenvalue weighted by Gasteiger charge is -2.52. The molecule has 9 atom stereocenters. The summed E-state index contributed by atoms with van der Waals surface area (Å²) in [7, 11) is 0. The molecule has 4 rings (SSSR count). The van der Waals surface area contributed by atoms with E-state index < -0.39 is 61.5 Å². The van der Waals surface area contributed by atoms with E-state index in [4.69, 9.17) is 42.6 Å². The van der Waals surface area contributed by atoms with Gasteiger partial charge in [-0.2, -0.15) is 0 Å². The fraction of sp³-hybridized carbons (Fsp3) is 0.550. The third-order valence-corrected chi connectivity index (χ3v) is 8.81. The monoisotopic (exact) mass is 725 g/mol. The standard InChI is InChI=1S/C40H55NO11/c1-7-45-29(4)50-36-35(48-26-33-21-15-11-16-22-33)37(51-30(5)46-8-2)39(52-31(6)47-9-3)40(41(42)43,28-44-25-32-19-13-10-14-20-32)38(36)49-27-34-23-17-12-18-24-34/h10-24,29-31,35-39H,7-9,25-28H2,1-6H3/t29?,30?,31?,35-,36-,37+,38-,39-,40-/m0/s1. The molecule has 0 bridgehead atoms. The summed E-state index contributed by atoms with van der Waals surface area (Å²) < 4.78 is 57.1. The molecule has 1 aliphatic rings. The Morgan fingerprint density at radius 2 is 0.981 bits per heavy atom. The van der Waals surface area contributed by atoms with Gasteiger partial charge in [-0.3, -0.25) is 10.1 Å². The minimum Gasteiger partial charge on any atom is -0.369 e. The molecule has 0 radical (unpaired) electrons. The van der Waals surface area contributed by atoms with Gasteiger partial charge in [-0.1, -0.05) is 91.0 Å². The second-order valence-electron chi connectivity index (χ2n) is 12.5. The first kappa shape index (κ1) is 41.5. The summed E-state index contributed by atoms with van der Waals surface area (Å²) in [6, 6.07) is 28.5. The predicted molar refractivity (Wildman–Crippen MR) is 194 cm³/mol. The molecule has 1 saturated carbocycles. The summed E-state index contributed by atoms with van der Waals surface area (Å²) in [6.07, 6.45) is -8.33. The molecule has 0 N–H and O–H groups in total. The van der Waals surface area contributed by atoms with Crippen LogP contribution in [0.1, 0.15) is 58.2 Å². The first-order valence-electron chi connectivity index (χ1n) is 18.1. The summed E-state index contributed by atoms with van der Waals surface area (Å²) >= 11 is 0. The Hall–Kier alpha value is -3.30. The van der Waals surface area contributed by atoms with Gasteiger partial charge in [-0.05, 0) is 58.2 Å². The van der Waals surface area contributed by atoms with Gasteiger partial charge < -0.3 is 42.6 Å². The number of benzene rings is 3. The molecule has 1 aliphatic carbocycles. The lowest BCUT2D eigenvalue weighted by molar-refractivity contribution is -0.619. The number of ether oxygens (including phenoxy) is 9. The number of hydrogen-bond acceptors (Lipinski definition) is 11. The summed E-state index contributed by atoms with van der Waals surface area (Å²) in [6.45, 7) is 11.5. The Morgan fingerprint density at radius 3 is 1.42 bits per heavy atom. The summed E-state index contributed by atoms with van der Waals surface area (Å²) in [5, 5.41) is 14.0. The number of hydrogen-bond donors (Lipinski definition) is 0. The van der Waals surface area contributed by atoms with Crippen molar-refractivity contribution < 1.29 is 47.6 Å². The predicted octanol–water partition coefficient (Wildman–Crippen LogP) is 6.71. The van der Waals surface area contributed by atoms with Crippen LogP contribution in [0.2, 0.25) is 0 Å². The van der Waals surface area contributed by atoms with Gasteiger partial charge in [0.05, 0.1) is 19.8 Å². The van der Waals surface area contributed by atoms with Gasteiger partial charge in [0.2, 0.25) is 0 Å². The quantitative estimate of drug-likeness (QED) is 0.0589. The summed E-state index contributed by atoms with van der Waals surface area (Å²) in [5.74, 6) is 0. The van der Waals surface area contributed by atoms with Gasteiger partial charge >= 0.3 is 5.54 Å². The van der Waals surface area contributed by atoms with Crippen LogP contribution < -0.4 is 0 Å². The van der Waals surface area contributed by atoms with E-state index in [0.29, 0.717) is 19.8 Å². The summed E-state index contributed by atoms with van der Waals surface area (Å²) in [4.78, 5) is 13.6. The van der Waals surface area contributed by atoms with Crippen molar-refractivity contribution in [3.8, 4) is 0 Å². The smallest absolute Gasteiger partial charge is 0.301 e. The van der Waals surface area contributed by atoms with E-state index in [2.05, 4.69) is 0 Å². The Bertz CT molecular complexity index is 1420. The highest BCUT2D eigenvalue weighted by molar-refractivity contribution is 5.18. The topological polar surface area (TPSA) is 126 Å². The number of nitro groups is 1. The van der Waals surface area contributed by atoms with Crippen molar-refractivity contribution >= 4 is 0 Å². The van der Waals surface area contributed by atoms with Crippen molar-refractivity contribution in [2.45, 2.75) is 116 Å². The Balaban J connectivity index is 1.92. The molecule has 12 nitrogen and oxygen atoms in total. The SMILES string of the molecule is CCOC(C)O[C@@H]1[C@@H](OCc2ccccc2)[C@H](OC(C)OCC)[C@H](OCc2ccccc2)[C@](COCc2ccccc2)([N+](=O)[O-])[C@H]1OC(C)OCC. The molecule has 0 amide bonds. The molecular weight excluding hydrogens is 670 g/mol. The van der Waals surface area contributed by atoms with Crippen LogP contribution in [0.5, 0.6) is 0 Å². The minimum atomic E-state index is -2.12. The minimum absolute atomic E-state index is 0.0304. The second-order valence-corrected chi connectivity index (χ2v) is 12.5. The zero-order chi connectivity index (χ0) is 37.3. The second kappa shape index (κ2) is 21.4. The summed E-state index contributed by atoms with van der Waals surface area (Å²) in [5.41, 5.74) is 0.425. The molecule has 3 aromatic rings. The third kappa shape index (κ3) is 11.3. The van der Waals surface area contributed by atoms with E-state index >= 15 is 0 Å². The highest BCUT2D eigenvalue weighted by Crippen LogP contribution is 2.43. The average Bonchev–Trinajstić information content (AvgIpc) is 3.14. The van der Waals surface area contributed by atoms with Crippen LogP contribution in [-0.4, -0.2) is 86.3 Å². The molecule has 0 aromatic heterocycles. The Labute approximate surface area is 307 Å². The van der Waals surface area contributed by atoms with Gasteiger partial charge in [0.1, 0.15) is 24.9 Å². The maximum atomic E-state index is 14.0. The first-order valence-corrected chi connectivity index (χ1v) is 18.1. The molecule has 0 saturated heterocycles. The lowest BCUT2D eigenvalue weighted by atomic mass is 9.72. The molecule has 0 heterocycles. The maximum absolute atomic E-state index is 14.0. The van der Waals surface area contributed by atoms with Crippen molar-refractivity contribution in [2.75, 3.05) is 26.4 Å². The Kier molecular flexibility index (Phi) is 17.1. The average molecular weight is 726 g/mol. The molecule has 12 heteroatoms. The van der Waals surface area contributed by atoms with Gasteiger partial charge in [-0.25, -0.2) is 0 Å². The fourth-order valence-electron chi connectivity index (χ4n) is 6.51. The number of nitrogens with zero attached hydrogens (tertiary/aromatic N) is 1. The van der Waals surface area contributed by atoms with Gasteiger partial charge in [-0.15, -0.1) is 0 Å². The molecule has 3 unspecified atom stereocenters. The maximum Gasteiger partial charge on any atom is 0.301 e. The molecule has 286 valence electrons. The third-order valence-electron chi connectivity index (χ3n) is 8.81. The number of rotatable bonds is 23. The molecule has 52 heavy (non-hydrogen) atoms. The van der Waals surface area contributed by atoms with Crippen molar-refractivity contribution in [3.63, 3.8) is 0 Å². The molecule has 3 aromatic carbocycles. The van der Waals surface area contributed by atoms with Crippen molar-refractivity contribution in [1.29, 1.82) is 0 Å². The normalized spacial score (nSPS) is 25.0. The van der Waals surface area contributed by atoms with Crippen LogP contribution in [0.4, 0.5) is 0 Å². The fourth-order valence-corrected chi connectivity index (χ4v) is 6.51. The zero-order valence-electron chi connectivity index (χ0n) is 31.2. The van der Waals surface area contributed by atoms with E-state index in [1.165, 1.54) is 0 Å². The van der Waals surface area contributed by atoms with Gasteiger partial charge in [0, 0.05) is 24.7 Å². The van der Waals surface area contributed by atoms with Gasteiger partial charge in [0.15, 0.2) is 31.1 Å². The van der Waals surface area contributed by atoms with Crippen LogP contribution in [0.15, 0.2) is 91.0 Å². The molecule has 1 fully saturated rings. The van der Waals surface area contributed by atoms with Crippen LogP contribution in [0.25, 0.3) is 0 Å². The van der Waals surface area contributed by atoms with Crippen LogP contribution >= 0.6 is 0 Å². The molecule has 0 spiro atoms. The van der Waals surface area contributed by atoms with Crippen LogP contribution in [0, 0.1) is 10.1 Å². The van der Waals surface area contributed by atoms with E-state index in [1.54, 1.807) is 20.8 Å². The molecular formula is C40H55NO11. The van der Waals surface area contributed by atoms with Crippen molar-refractivity contribution in [2.24, 2.45) is 0 Å². The van der Waals surface area contributed by atoms with E-state index in [0.717, 1.165) is 16.7 Å². The first-order chi connectivity index (χ1) is 25.2. The van der Waals surface area contributed by atoms with Crippen LogP contribution in [-0.2, 0) is 62.5 Å². The lowest BCUT2D eigenvalue weighted by Crippen LogP contribution is -2.78. The van der Waals surface area contributed by atoms with E-state index in [-0.39, 0.29) is 24.7 Å². The zero-order valence-corrected chi connectivity index (χ0v) is 31.2. The largest absolute Gasteiger partial charge is 0.369 e. The van der Waals surface area contributed by atoms with E-state index in [9.17, 15) is 10.1 Å². The highest BCUT2D eigenvalue weighted by Gasteiger charge is 2.71. The highest BCUT2D eigenvalue weighted by atomic mass is 16.7. The Morgan fingerprint density at radius 1 is 0.577 bits per heavy atom. The van der Waals surface area contributed by atoms with Crippen molar-refractivity contribution in [3.05, 3.63) is 118 Å².